The SMILES string of the molecule is CCS(=O)(=O)Nc1ccc2ncoc2c1. The van der Waals surface area contributed by atoms with Crippen LogP contribution in [0.5, 0.6) is 0 Å². The third-order valence-electron chi connectivity index (χ3n) is 1.98. The van der Waals surface area contributed by atoms with Crippen LogP contribution in [0.1, 0.15) is 6.92 Å². The second-order valence-corrected chi connectivity index (χ2v) is 5.05. The van der Waals surface area contributed by atoms with Crippen molar-refractivity contribution in [3.63, 3.8) is 0 Å². The quantitative estimate of drug-likeness (QED) is 0.862. The van der Waals surface area contributed by atoms with Gasteiger partial charge in [0.05, 0.1) is 11.4 Å². The predicted molar refractivity (Wildman–Crippen MR) is 57.1 cm³/mol. The Morgan fingerprint density at radius 3 is 3.00 bits per heavy atom. The fraction of sp³-hybridized carbons (Fsp3) is 0.222. The van der Waals surface area contributed by atoms with E-state index in [1.54, 1.807) is 25.1 Å². The van der Waals surface area contributed by atoms with Gasteiger partial charge in [-0.2, -0.15) is 0 Å². The maximum Gasteiger partial charge on any atom is 0.232 e. The number of rotatable bonds is 3. The molecule has 2 rings (SSSR count). The van der Waals surface area contributed by atoms with Gasteiger partial charge in [-0.1, -0.05) is 0 Å². The van der Waals surface area contributed by atoms with Crippen LogP contribution < -0.4 is 4.72 Å². The number of nitrogens with one attached hydrogen (secondary N) is 1. The van der Waals surface area contributed by atoms with Gasteiger partial charge in [0.15, 0.2) is 12.0 Å². The Morgan fingerprint density at radius 1 is 1.47 bits per heavy atom. The van der Waals surface area contributed by atoms with Gasteiger partial charge >= 0.3 is 0 Å². The number of aromatic nitrogens is 1. The molecule has 0 aliphatic carbocycles. The summed E-state index contributed by atoms with van der Waals surface area (Å²) in [5.41, 5.74) is 1.75. The van der Waals surface area contributed by atoms with Gasteiger partial charge in [-0.25, -0.2) is 13.4 Å². The summed E-state index contributed by atoms with van der Waals surface area (Å²) in [6.45, 7) is 1.58. The van der Waals surface area contributed by atoms with Crippen molar-refractivity contribution in [2.24, 2.45) is 0 Å². The monoisotopic (exact) mass is 226 g/mol. The third-order valence-corrected chi connectivity index (χ3v) is 3.29. The Kier molecular flexibility index (Phi) is 2.36. The Morgan fingerprint density at radius 2 is 2.27 bits per heavy atom. The zero-order valence-electron chi connectivity index (χ0n) is 8.10. The number of oxazole rings is 1. The molecule has 80 valence electrons. The molecule has 5 nitrogen and oxygen atoms in total. The molecule has 0 atom stereocenters. The van der Waals surface area contributed by atoms with E-state index in [4.69, 9.17) is 4.42 Å². The maximum absolute atomic E-state index is 11.3. The van der Waals surface area contributed by atoms with Crippen LogP contribution in [0.15, 0.2) is 29.0 Å². The Balaban J connectivity index is 2.37. The van der Waals surface area contributed by atoms with E-state index in [-0.39, 0.29) is 5.75 Å². The van der Waals surface area contributed by atoms with E-state index < -0.39 is 10.0 Å². The van der Waals surface area contributed by atoms with Gasteiger partial charge in [0.25, 0.3) is 0 Å². The molecule has 0 fully saturated rings. The lowest BCUT2D eigenvalue weighted by molar-refractivity contribution is 0.601. The number of hydrogen-bond donors (Lipinski definition) is 1. The molecule has 1 N–H and O–H groups in total. The van der Waals surface area contributed by atoms with E-state index >= 15 is 0 Å². The molecule has 0 aliphatic heterocycles. The highest BCUT2D eigenvalue weighted by atomic mass is 32.2. The van der Waals surface area contributed by atoms with Crippen molar-refractivity contribution >= 4 is 26.8 Å². The average molecular weight is 226 g/mol. The molecule has 0 radical (unpaired) electrons. The highest BCUT2D eigenvalue weighted by Gasteiger charge is 2.07. The lowest BCUT2D eigenvalue weighted by atomic mass is 10.3. The van der Waals surface area contributed by atoms with E-state index in [9.17, 15) is 8.42 Å². The molecule has 0 spiro atoms. The molecule has 2 aromatic rings. The van der Waals surface area contributed by atoms with Gasteiger partial charge in [-0.05, 0) is 19.1 Å². The topological polar surface area (TPSA) is 72.2 Å². The smallest absolute Gasteiger partial charge is 0.232 e. The zero-order chi connectivity index (χ0) is 10.9. The molecule has 1 heterocycles. The molecule has 1 aromatic heterocycles. The Labute approximate surface area is 87.2 Å². The molecule has 0 bridgehead atoms. The van der Waals surface area contributed by atoms with Crippen molar-refractivity contribution in [3.05, 3.63) is 24.6 Å². The van der Waals surface area contributed by atoms with Crippen molar-refractivity contribution in [2.45, 2.75) is 6.92 Å². The van der Waals surface area contributed by atoms with Crippen LogP contribution in [0.25, 0.3) is 11.1 Å². The molecule has 0 unspecified atom stereocenters. The third kappa shape index (κ3) is 2.10. The van der Waals surface area contributed by atoms with Gasteiger partial charge in [0.2, 0.25) is 10.0 Å². The summed E-state index contributed by atoms with van der Waals surface area (Å²) in [6, 6.07) is 4.96. The predicted octanol–water partition coefficient (Wildman–Crippen LogP) is 1.59. The summed E-state index contributed by atoms with van der Waals surface area (Å²) in [4.78, 5) is 3.93. The number of fused-ring (bicyclic) bond motifs is 1. The molecule has 1 aromatic carbocycles. The van der Waals surface area contributed by atoms with E-state index in [1.807, 2.05) is 0 Å². The first-order valence-corrected chi connectivity index (χ1v) is 6.10. The lowest BCUT2D eigenvalue weighted by Crippen LogP contribution is -2.14. The molecular weight excluding hydrogens is 216 g/mol. The molecule has 0 saturated heterocycles. The minimum Gasteiger partial charge on any atom is -0.443 e. The maximum atomic E-state index is 11.3. The minimum atomic E-state index is -3.24. The van der Waals surface area contributed by atoms with Crippen LogP contribution in [-0.2, 0) is 10.0 Å². The van der Waals surface area contributed by atoms with Gasteiger partial charge in [-0.15, -0.1) is 0 Å². The highest BCUT2D eigenvalue weighted by Crippen LogP contribution is 2.18. The van der Waals surface area contributed by atoms with Crippen LogP contribution in [-0.4, -0.2) is 19.2 Å². The van der Waals surface area contributed by atoms with Crippen LogP contribution >= 0.6 is 0 Å². The normalized spacial score (nSPS) is 11.8. The molecule has 0 aliphatic rings. The fourth-order valence-corrected chi connectivity index (χ4v) is 1.80. The first-order chi connectivity index (χ1) is 7.11. The summed E-state index contributed by atoms with van der Waals surface area (Å²) < 4.78 is 30.1. The van der Waals surface area contributed by atoms with Crippen molar-refractivity contribution < 1.29 is 12.8 Å². The molecule has 0 saturated carbocycles. The summed E-state index contributed by atoms with van der Waals surface area (Å²) in [6.07, 6.45) is 1.32. The van der Waals surface area contributed by atoms with E-state index in [2.05, 4.69) is 9.71 Å². The fourth-order valence-electron chi connectivity index (χ4n) is 1.17. The summed E-state index contributed by atoms with van der Waals surface area (Å²) in [5.74, 6) is 0.0431. The summed E-state index contributed by atoms with van der Waals surface area (Å²) in [7, 11) is -3.24. The van der Waals surface area contributed by atoms with Crippen LogP contribution in [0, 0.1) is 0 Å². The number of sulfonamides is 1. The van der Waals surface area contributed by atoms with Crippen LogP contribution in [0.2, 0.25) is 0 Å². The molecule has 0 amide bonds. The highest BCUT2D eigenvalue weighted by molar-refractivity contribution is 7.92. The molecule has 6 heteroatoms. The van der Waals surface area contributed by atoms with E-state index in [0.29, 0.717) is 16.8 Å². The Bertz CT molecular complexity index is 574. The average Bonchev–Trinajstić information content (AvgIpc) is 2.64. The van der Waals surface area contributed by atoms with E-state index in [0.717, 1.165) is 0 Å². The van der Waals surface area contributed by atoms with Crippen molar-refractivity contribution in [1.82, 2.24) is 4.98 Å². The minimum absolute atomic E-state index is 0.0431. The first-order valence-electron chi connectivity index (χ1n) is 4.44. The van der Waals surface area contributed by atoms with Crippen LogP contribution in [0.3, 0.4) is 0 Å². The lowest BCUT2D eigenvalue weighted by Gasteiger charge is -2.04. The van der Waals surface area contributed by atoms with Gasteiger partial charge in [0, 0.05) is 6.07 Å². The number of benzene rings is 1. The van der Waals surface area contributed by atoms with Gasteiger partial charge in [0.1, 0.15) is 5.52 Å². The van der Waals surface area contributed by atoms with Gasteiger partial charge < -0.3 is 4.42 Å². The van der Waals surface area contributed by atoms with E-state index in [1.165, 1.54) is 6.39 Å². The standard InChI is InChI=1S/C9H10N2O3S/c1-2-15(12,13)11-7-3-4-8-9(5-7)14-6-10-8/h3-6,11H,2H2,1H3. The van der Waals surface area contributed by atoms with Crippen molar-refractivity contribution in [2.75, 3.05) is 10.5 Å². The van der Waals surface area contributed by atoms with Crippen molar-refractivity contribution in [1.29, 1.82) is 0 Å². The Hall–Kier alpha value is -1.56. The molecule has 15 heavy (non-hydrogen) atoms. The van der Waals surface area contributed by atoms with Crippen molar-refractivity contribution in [3.8, 4) is 0 Å². The zero-order valence-corrected chi connectivity index (χ0v) is 8.91. The first kappa shape index (κ1) is 9.97. The second-order valence-electron chi connectivity index (χ2n) is 3.04. The number of nitrogens with zero attached hydrogens (tertiary/aromatic N) is 1. The number of hydrogen-bond acceptors (Lipinski definition) is 4. The summed E-state index contributed by atoms with van der Waals surface area (Å²) >= 11 is 0. The van der Waals surface area contributed by atoms with Gasteiger partial charge in [-0.3, -0.25) is 4.72 Å². The second kappa shape index (κ2) is 3.54. The number of anilines is 1. The molecular formula is C9H10N2O3S. The summed E-state index contributed by atoms with van der Waals surface area (Å²) in [5, 5.41) is 0. The largest absolute Gasteiger partial charge is 0.443 e. The van der Waals surface area contributed by atoms with Crippen LogP contribution in [0.4, 0.5) is 5.69 Å².